The number of aromatic nitrogens is 2. The Morgan fingerprint density at radius 1 is 1.13 bits per heavy atom. The minimum absolute atomic E-state index is 0.346. The lowest BCUT2D eigenvalue weighted by molar-refractivity contribution is -0.121. The van der Waals surface area contributed by atoms with E-state index in [9.17, 15) is 10.1 Å². The maximum Gasteiger partial charge on any atom is 0.243 e. The maximum atomic E-state index is 12.9. The number of rotatable bonds is 7. The number of carbonyl (C=O) groups is 1. The molecule has 0 aliphatic carbocycles. The third-order valence-electron chi connectivity index (χ3n) is 5.52. The number of ether oxygens (including phenoxy) is 1. The van der Waals surface area contributed by atoms with Crippen molar-refractivity contribution < 1.29 is 9.53 Å². The van der Waals surface area contributed by atoms with Gasteiger partial charge >= 0.3 is 0 Å². The van der Waals surface area contributed by atoms with Crippen molar-refractivity contribution in [3.05, 3.63) is 59.8 Å². The first kappa shape index (κ1) is 20.6. The first-order chi connectivity index (χ1) is 15.2. The van der Waals surface area contributed by atoms with Gasteiger partial charge in [0.25, 0.3) is 0 Å². The molecular weight excluding hydrogens is 390 g/mol. The van der Waals surface area contributed by atoms with Crippen molar-refractivity contribution in [1.82, 2.24) is 15.3 Å². The molecule has 0 saturated carbocycles. The third kappa shape index (κ3) is 4.58. The molecule has 0 unspecified atom stereocenters. The number of benzene rings is 2. The number of carbonyl (C=O) groups excluding carboxylic acids is 1. The second-order valence-electron chi connectivity index (χ2n) is 7.57. The molecule has 1 fully saturated rings. The molecule has 0 spiro atoms. The lowest BCUT2D eigenvalue weighted by Gasteiger charge is -2.21. The molecule has 1 saturated heterocycles. The monoisotopic (exact) mass is 415 g/mol. The molecule has 1 N–H and O–H groups in total. The number of fused-ring (bicyclic) bond motifs is 1. The van der Waals surface area contributed by atoms with Crippen molar-refractivity contribution in [2.24, 2.45) is 0 Å². The smallest absolute Gasteiger partial charge is 0.243 e. The van der Waals surface area contributed by atoms with Crippen LogP contribution in [0.4, 0.5) is 5.82 Å². The maximum absolute atomic E-state index is 12.9. The van der Waals surface area contributed by atoms with Crippen LogP contribution in [0.2, 0.25) is 0 Å². The zero-order valence-electron chi connectivity index (χ0n) is 17.5. The summed E-state index contributed by atoms with van der Waals surface area (Å²) in [6.07, 6.45) is 2.80. The van der Waals surface area contributed by atoms with Gasteiger partial charge in [-0.25, -0.2) is 9.97 Å². The first-order valence-corrected chi connectivity index (χ1v) is 10.5. The predicted octanol–water partition coefficient (Wildman–Crippen LogP) is 3.20. The highest BCUT2D eigenvalue weighted by Crippen LogP contribution is 2.29. The van der Waals surface area contributed by atoms with Crippen LogP contribution in [0.5, 0.6) is 5.75 Å². The van der Waals surface area contributed by atoms with Crippen LogP contribution in [0.1, 0.15) is 30.0 Å². The number of anilines is 1. The number of para-hydroxylation sites is 2. The molecule has 1 aliphatic rings. The fourth-order valence-corrected chi connectivity index (χ4v) is 3.83. The van der Waals surface area contributed by atoms with Gasteiger partial charge in [-0.1, -0.05) is 24.3 Å². The second-order valence-corrected chi connectivity index (χ2v) is 7.57. The van der Waals surface area contributed by atoms with Gasteiger partial charge in [0.15, 0.2) is 11.7 Å². The molecule has 4 rings (SSSR count). The first-order valence-electron chi connectivity index (χ1n) is 10.5. The van der Waals surface area contributed by atoms with Gasteiger partial charge < -0.3 is 15.0 Å². The van der Waals surface area contributed by atoms with Gasteiger partial charge in [-0.3, -0.25) is 4.79 Å². The van der Waals surface area contributed by atoms with Crippen LogP contribution in [0, 0.1) is 11.3 Å². The van der Waals surface area contributed by atoms with Crippen molar-refractivity contribution in [2.45, 2.75) is 25.2 Å². The SMILES string of the molecule is COc1ccc(CCNC(=O)[C@H](C#N)c2nc3ccccc3nc2N2CCCC2)cc1. The fourth-order valence-electron chi connectivity index (χ4n) is 3.83. The quantitative estimate of drug-likeness (QED) is 0.637. The molecule has 158 valence electrons. The van der Waals surface area contributed by atoms with Crippen molar-refractivity contribution >= 4 is 22.8 Å². The number of methoxy groups -OCH3 is 1. The average molecular weight is 415 g/mol. The van der Waals surface area contributed by atoms with E-state index in [1.54, 1.807) is 7.11 Å². The Hall–Kier alpha value is -3.66. The Kier molecular flexibility index (Phi) is 6.27. The van der Waals surface area contributed by atoms with Gasteiger partial charge in [0.05, 0.1) is 24.2 Å². The number of hydrogen-bond acceptors (Lipinski definition) is 6. The van der Waals surface area contributed by atoms with Crippen LogP contribution in [0.25, 0.3) is 11.0 Å². The van der Waals surface area contributed by atoms with E-state index in [0.29, 0.717) is 30.0 Å². The Morgan fingerprint density at radius 2 is 1.81 bits per heavy atom. The molecule has 1 atom stereocenters. The van der Waals surface area contributed by atoms with E-state index in [2.05, 4.69) is 16.3 Å². The second kappa shape index (κ2) is 9.43. The summed E-state index contributed by atoms with van der Waals surface area (Å²) in [5, 5.41) is 12.7. The summed E-state index contributed by atoms with van der Waals surface area (Å²) in [5.41, 5.74) is 2.97. The summed E-state index contributed by atoms with van der Waals surface area (Å²) in [6, 6.07) is 17.4. The average Bonchev–Trinajstić information content (AvgIpc) is 3.34. The van der Waals surface area contributed by atoms with E-state index in [-0.39, 0.29) is 5.91 Å². The van der Waals surface area contributed by atoms with Crippen LogP contribution in [-0.4, -0.2) is 42.6 Å². The van der Waals surface area contributed by atoms with Crippen LogP contribution >= 0.6 is 0 Å². The fraction of sp³-hybridized carbons (Fsp3) is 0.333. The lowest BCUT2D eigenvalue weighted by atomic mass is 10.0. The molecule has 31 heavy (non-hydrogen) atoms. The van der Waals surface area contributed by atoms with E-state index in [1.807, 2.05) is 48.5 Å². The number of nitriles is 1. The Labute approximate surface area is 181 Å². The minimum atomic E-state index is -1.01. The number of hydrogen-bond donors (Lipinski definition) is 1. The van der Waals surface area contributed by atoms with Crippen molar-refractivity contribution in [3.8, 4) is 11.8 Å². The summed E-state index contributed by atoms with van der Waals surface area (Å²) >= 11 is 0. The van der Waals surface area contributed by atoms with Gasteiger partial charge in [-0.2, -0.15) is 5.26 Å². The van der Waals surface area contributed by atoms with Gasteiger partial charge in [-0.15, -0.1) is 0 Å². The van der Waals surface area contributed by atoms with E-state index in [4.69, 9.17) is 14.7 Å². The summed E-state index contributed by atoms with van der Waals surface area (Å²) in [6.45, 7) is 2.15. The van der Waals surface area contributed by atoms with Gasteiger partial charge in [0.2, 0.25) is 5.91 Å². The molecule has 2 heterocycles. The van der Waals surface area contributed by atoms with Gasteiger partial charge in [0.1, 0.15) is 11.4 Å². The zero-order valence-corrected chi connectivity index (χ0v) is 17.5. The van der Waals surface area contributed by atoms with Crippen LogP contribution in [-0.2, 0) is 11.2 Å². The topological polar surface area (TPSA) is 91.1 Å². The normalized spacial score (nSPS) is 14.3. The van der Waals surface area contributed by atoms with E-state index in [0.717, 1.165) is 42.8 Å². The molecule has 1 aromatic heterocycles. The molecule has 0 radical (unpaired) electrons. The van der Waals surface area contributed by atoms with Crippen molar-refractivity contribution in [3.63, 3.8) is 0 Å². The molecule has 1 amide bonds. The largest absolute Gasteiger partial charge is 0.497 e. The van der Waals surface area contributed by atoms with E-state index in [1.165, 1.54) is 0 Å². The standard InChI is InChI=1S/C24H25N5O2/c1-31-18-10-8-17(9-11-18)12-13-26-24(30)19(16-25)22-23(29-14-4-5-15-29)28-21-7-3-2-6-20(21)27-22/h2-3,6-11,19H,4-5,12-15H2,1H3,(H,26,30)/t19-/m1/s1. The lowest BCUT2D eigenvalue weighted by Crippen LogP contribution is -2.32. The van der Waals surface area contributed by atoms with Crippen molar-refractivity contribution in [2.75, 3.05) is 31.6 Å². The van der Waals surface area contributed by atoms with Crippen LogP contribution in [0.15, 0.2) is 48.5 Å². The van der Waals surface area contributed by atoms with Gasteiger partial charge in [0, 0.05) is 19.6 Å². The highest BCUT2D eigenvalue weighted by Gasteiger charge is 2.29. The minimum Gasteiger partial charge on any atom is -0.497 e. The molecule has 0 bridgehead atoms. The summed E-state index contributed by atoms with van der Waals surface area (Å²) in [4.78, 5) is 24.5. The third-order valence-corrected chi connectivity index (χ3v) is 5.52. The summed E-state index contributed by atoms with van der Waals surface area (Å²) in [5.74, 6) is 0.0827. The highest BCUT2D eigenvalue weighted by molar-refractivity contribution is 5.88. The number of amides is 1. The van der Waals surface area contributed by atoms with Crippen LogP contribution < -0.4 is 15.0 Å². The molecule has 7 nitrogen and oxygen atoms in total. The molecule has 1 aliphatic heterocycles. The Balaban J connectivity index is 1.53. The molecule has 3 aromatic rings. The zero-order chi connectivity index (χ0) is 21.6. The van der Waals surface area contributed by atoms with Crippen molar-refractivity contribution in [1.29, 1.82) is 5.26 Å². The number of nitrogens with one attached hydrogen (secondary N) is 1. The summed E-state index contributed by atoms with van der Waals surface area (Å²) in [7, 11) is 1.63. The molecule has 2 aromatic carbocycles. The van der Waals surface area contributed by atoms with E-state index >= 15 is 0 Å². The number of nitrogens with zero attached hydrogens (tertiary/aromatic N) is 4. The Bertz CT molecular complexity index is 1100. The van der Waals surface area contributed by atoms with Gasteiger partial charge in [-0.05, 0) is 49.1 Å². The Morgan fingerprint density at radius 3 is 2.45 bits per heavy atom. The molecule has 7 heteroatoms. The predicted molar refractivity (Wildman–Crippen MR) is 119 cm³/mol. The van der Waals surface area contributed by atoms with Crippen LogP contribution in [0.3, 0.4) is 0 Å². The molecular formula is C24H25N5O2. The highest BCUT2D eigenvalue weighted by atomic mass is 16.5. The summed E-state index contributed by atoms with van der Waals surface area (Å²) < 4.78 is 5.17. The van der Waals surface area contributed by atoms with E-state index < -0.39 is 5.92 Å².